The fourth-order valence-electron chi connectivity index (χ4n) is 3.21. The molecule has 0 aliphatic carbocycles. The van der Waals surface area contributed by atoms with Crippen molar-refractivity contribution in [3.05, 3.63) is 29.6 Å². The highest BCUT2D eigenvalue weighted by Gasteiger charge is 2.46. The summed E-state index contributed by atoms with van der Waals surface area (Å²) < 4.78 is 34.7. The summed E-state index contributed by atoms with van der Waals surface area (Å²) in [6, 6.07) is 2.83. The number of hydrogen-bond donors (Lipinski definition) is 1. The molecule has 1 amide bonds. The van der Waals surface area contributed by atoms with Gasteiger partial charge < -0.3 is 10.1 Å². The molecule has 23 heavy (non-hydrogen) atoms. The zero-order valence-electron chi connectivity index (χ0n) is 13.0. The van der Waals surface area contributed by atoms with Gasteiger partial charge in [-0.05, 0) is 43.6 Å². The van der Waals surface area contributed by atoms with Crippen LogP contribution in [-0.4, -0.2) is 40.6 Å². The molecule has 3 rings (SSSR count). The molecule has 2 aliphatic heterocycles. The van der Waals surface area contributed by atoms with Gasteiger partial charge in [0, 0.05) is 24.6 Å². The Hall–Kier alpha value is -1.21. The molecule has 0 radical (unpaired) electrons. The van der Waals surface area contributed by atoms with E-state index in [1.807, 2.05) is 11.8 Å². The number of amides is 1. The van der Waals surface area contributed by atoms with E-state index in [2.05, 4.69) is 10.3 Å². The summed E-state index contributed by atoms with van der Waals surface area (Å²) in [5, 5.41) is 2.52. The van der Waals surface area contributed by atoms with E-state index in [0.29, 0.717) is 25.0 Å². The molecule has 3 heterocycles. The van der Waals surface area contributed by atoms with Crippen LogP contribution in [0.25, 0.3) is 0 Å². The average molecular weight is 342 g/mol. The minimum Gasteiger partial charge on any atom is -0.374 e. The summed E-state index contributed by atoms with van der Waals surface area (Å²) >= 11 is 1.81. The SMILES string of the molecule is Cc1cccnc1C(F)(F)C(=O)NC1CCOC2(CCSC2)C1. The summed E-state index contributed by atoms with van der Waals surface area (Å²) in [4.78, 5) is 15.8. The lowest BCUT2D eigenvalue weighted by atomic mass is 9.89. The average Bonchev–Trinajstić information content (AvgIpc) is 2.95. The summed E-state index contributed by atoms with van der Waals surface area (Å²) in [5.74, 6) is -3.01. The first-order chi connectivity index (χ1) is 10.9. The second-order valence-corrected chi connectivity index (χ2v) is 7.35. The Morgan fingerprint density at radius 2 is 2.39 bits per heavy atom. The number of aromatic nitrogens is 1. The number of alkyl halides is 2. The minimum atomic E-state index is -3.62. The van der Waals surface area contributed by atoms with E-state index in [4.69, 9.17) is 4.74 Å². The van der Waals surface area contributed by atoms with Gasteiger partial charge in [0.1, 0.15) is 5.69 Å². The highest BCUT2D eigenvalue weighted by molar-refractivity contribution is 7.99. The third kappa shape index (κ3) is 3.35. The lowest BCUT2D eigenvalue weighted by molar-refractivity contribution is -0.150. The van der Waals surface area contributed by atoms with Crippen LogP contribution < -0.4 is 5.32 Å². The highest BCUT2D eigenvalue weighted by atomic mass is 32.2. The molecule has 1 aromatic rings. The maximum atomic E-state index is 14.4. The van der Waals surface area contributed by atoms with Crippen molar-refractivity contribution in [3.63, 3.8) is 0 Å². The van der Waals surface area contributed by atoms with Gasteiger partial charge in [-0.3, -0.25) is 9.78 Å². The Labute approximate surface area is 138 Å². The van der Waals surface area contributed by atoms with E-state index in [9.17, 15) is 13.6 Å². The molecule has 0 aromatic carbocycles. The van der Waals surface area contributed by atoms with Crippen molar-refractivity contribution < 1.29 is 18.3 Å². The molecule has 4 nitrogen and oxygen atoms in total. The molecule has 2 aliphatic rings. The molecule has 2 saturated heterocycles. The monoisotopic (exact) mass is 342 g/mol. The maximum absolute atomic E-state index is 14.4. The fraction of sp³-hybridized carbons (Fsp3) is 0.625. The Balaban J connectivity index is 1.70. The quantitative estimate of drug-likeness (QED) is 0.918. The highest BCUT2D eigenvalue weighted by Crippen LogP contribution is 2.38. The summed E-state index contributed by atoms with van der Waals surface area (Å²) in [5.41, 5.74) is -0.421. The fourth-order valence-corrected chi connectivity index (χ4v) is 4.59. The zero-order valence-corrected chi connectivity index (χ0v) is 13.8. The van der Waals surface area contributed by atoms with Crippen molar-refractivity contribution >= 4 is 17.7 Å². The smallest absolute Gasteiger partial charge is 0.366 e. The number of carbonyl (C=O) groups is 1. The van der Waals surface area contributed by atoms with E-state index in [1.165, 1.54) is 19.2 Å². The molecular weight excluding hydrogens is 322 g/mol. The topological polar surface area (TPSA) is 51.2 Å². The lowest BCUT2D eigenvalue weighted by Gasteiger charge is -2.38. The Kier molecular flexibility index (Phi) is 4.60. The third-order valence-corrected chi connectivity index (χ3v) is 5.71. The Bertz CT molecular complexity index is 591. The van der Waals surface area contributed by atoms with Crippen LogP contribution >= 0.6 is 11.8 Å². The second kappa shape index (κ2) is 6.36. The van der Waals surface area contributed by atoms with Crippen LogP contribution in [0.15, 0.2) is 18.3 Å². The van der Waals surface area contributed by atoms with Gasteiger partial charge in [0.05, 0.1) is 5.60 Å². The molecule has 0 bridgehead atoms. The van der Waals surface area contributed by atoms with Gasteiger partial charge in [-0.25, -0.2) is 0 Å². The van der Waals surface area contributed by atoms with E-state index < -0.39 is 17.5 Å². The van der Waals surface area contributed by atoms with Gasteiger partial charge in [-0.2, -0.15) is 20.5 Å². The van der Waals surface area contributed by atoms with Gasteiger partial charge in [0.2, 0.25) is 0 Å². The van der Waals surface area contributed by atoms with Crippen molar-refractivity contribution in [3.8, 4) is 0 Å². The molecular formula is C16H20F2N2O2S. The number of pyridine rings is 1. The van der Waals surface area contributed by atoms with Crippen LogP contribution in [0.3, 0.4) is 0 Å². The summed E-state index contributed by atoms with van der Waals surface area (Å²) in [7, 11) is 0. The second-order valence-electron chi connectivity index (χ2n) is 6.24. The normalized spacial score (nSPS) is 28.0. The Morgan fingerprint density at radius 1 is 1.57 bits per heavy atom. The number of ether oxygens (including phenoxy) is 1. The van der Waals surface area contributed by atoms with E-state index in [-0.39, 0.29) is 11.6 Å². The van der Waals surface area contributed by atoms with Crippen LogP contribution in [0, 0.1) is 6.92 Å². The van der Waals surface area contributed by atoms with Gasteiger partial charge in [-0.1, -0.05) is 6.07 Å². The first-order valence-corrected chi connectivity index (χ1v) is 8.91. The number of carbonyl (C=O) groups excluding carboxylic acids is 1. The minimum absolute atomic E-state index is 0.253. The van der Waals surface area contributed by atoms with Crippen LogP contribution in [-0.2, 0) is 15.5 Å². The molecule has 1 N–H and O–H groups in total. The maximum Gasteiger partial charge on any atom is 0.366 e. The van der Waals surface area contributed by atoms with Gasteiger partial charge in [-0.15, -0.1) is 0 Å². The van der Waals surface area contributed by atoms with E-state index >= 15 is 0 Å². The van der Waals surface area contributed by atoms with Crippen molar-refractivity contribution in [2.24, 2.45) is 0 Å². The van der Waals surface area contributed by atoms with Crippen molar-refractivity contribution in [1.82, 2.24) is 10.3 Å². The molecule has 0 saturated carbocycles. The molecule has 1 spiro atoms. The van der Waals surface area contributed by atoms with Gasteiger partial charge >= 0.3 is 5.92 Å². The molecule has 7 heteroatoms. The standard InChI is InChI=1S/C16H20F2N2O2S/c1-11-3-2-6-19-13(11)16(17,18)14(21)20-12-4-7-22-15(9-12)5-8-23-10-15/h2-3,6,12H,4-5,7-10H2,1H3,(H,20,21). The van der Waals surface area contributed by atoms with E-state index in [1.54, 1.807) is 6.07 Å². The summed E-state index contributed by atoms with van der Waals surface area (Å²) in [6.45, 7) is 2.03. The number of nitrogens with one attached hydrogen (secondary N) is 1. The third-order valence-electron chi connectivity index (χ3n) is 4.49. The molecule has 1 aromatic heterocycles. The van der Waals surface area contributed by atoms with Crippen LogP contribution in [0.2, 0.25) is 0 Å². The molecule has 2 fully saturated rings. The number of rotatable bonds is 3. The number of thioether (sulfide) groups is 1. The predicted octanol–water partition coefficient (Wildman–Crippen LogP) is 2.65. The zero-order chi connectivity index (χ0) is 16.5. The number of aryl methyl sites for hydroxylation is 1. The molecule has 126 valence electrons. The van der Waals surface area contributed by atoms with Crippen LogP contribution in [0.1, 0.15) is 30.5 Å². The molecule has 2 atom stereocenters. The van der Waals surface area contributed by atoms with Crippen LogP contribution in [0.5, 0.6) is 0 Å². The number of hydrogen-bond acceptors (Lipinski definition) is 4. The summed E-state index contributed by atoms with van der Waals surface area (Å²) in [6.07, 6.45) is 3.36. The first kappa shape index (κ1) is 16.6. The lowest BCUT2D eigenvalue weighted by Crippen LogP contribution is -2.51. The number of halogens is 2. The predicted molar refractivity (Wildman–Crippen MR) is 84.7 cm³/mol. The first-order valence-electron chi connectivity index (χ1n) is 7.76. The molecule has 2 unspecified atom stereocenters. The largest absolute Gasteiger partial charge is 0.374 e. The van der Waals surface area contributed by atoms with Crippen LogP contribution in [0.4, 0.5) is 8.78 Å². The number of nitrogens with zero attached hydrogens (tertiary/aromatic N) is 1. The Morgan fingerprint density at radius 3 is 3.09 bits per heavy atom. The van der Waals surface area contributed by atoms with Gasteiger partial charge in [0.15, 0.2) is 0 Å². The van der Waals surface area contributed by atoms with Crippen molar-refractivity contribution in [2.45, 2.75) is 43.8 Å². The van der Waals surface area contributed by atoms with E-state index in [0.717, 1.165) is 17.9 Å². The van der Waals surface area contributed by atoms with Crippen molar-refractivity contribution in [2.75, 3.05) is 18.1 Å². The van der Waals surface area contributed by atoms with Crippen molar-refractivity contribution in [1.29, 1.82) is 0 Å². The van der Waals surface area contributed by atoms with Gasteiger partial charge in [0.25, 0.3) is 5.91 Å².